The number of anilines is 1. The maximum Gasteiger partial charge on any atom is 0.225 e. The monoisotopic (exact) mass is 446 g/mol. The third kappa shape index (κ3) is 3.65. The number of aromatic hydroxyl groups is 1. The number of ether oxygens (including phenoxy) is 2. The maximum absolute atomic E-state index is 13.8. The molecule has 2 N–H and O–H groups in total. The third-order valence-electron chi connectivity index (χ3n) is 6.12. The molecule has 1 aliphatic rings. The van der Waals surface area contributed by atoms with E-state index in [1.54, 1.807) is 18.2 Å². The number of phenols is 1. The van der Waals surface area contributed by atoms with E-state index in [-0.39, 0.29) is 41.3 Å². The number of methoxy groups -OCH3 is 2. The van der Waals surface area contributed by atoms with Crippen molar-refractivity contribution in [1.29, 1.82) is 0 Å². The maximum atomic E-state index is 13.8. The van der Waals surface area contributed by atoms with Gasteiger partial charge in [-0.15, -0.1) is 0 Å². The standard InChI is InChI=1S/C26H23FN2O4/c1-32-22-10-16(11-23(33-2)26(22)31)18-12-24(30)28-20-7-4-8-21-25(20)19(18)14-29(21)13-15-5-3-6-17(27)9-15/h3-11,14,18,31H,12-13H2,1-2H3,(H,28,30). The highest BCUT2D eigenvalue weighted by molar-refractivity contribution is 6.06. The molecule has 5 rings (SSSR count). The molecule has 0 saturated carbocycles. The number of benzene rings is 3. The summed E-state index contributed by atoms with van der Waals surface area (Å²) >= 11 is 0. The molecule has 1 atom stereocenters. The molecule has 0 fully saturated rings. The van der Waals surface area contributed by atoms with Crippen LogP contribution < -0.4 is 14.8 Å². The average molecular weight is 446 g/mol. The number of hydrogen-bond donors (Lipinski definition) is 2. The average Bonchev–Trinajstić information content (AvgIpc) is 3.09. The van der Waals surface area contributed by atoms with Crippen LogP contribution in [0.2, 0.25) is 0 Å². The normalized spacial score (nSPS) is 15.2. The Bertz CT molecular complexity index is 1350. The summed E-state index contributed by atoms with van der Waals surface area (Å²) in [7, 11) is 2.95. The molecule has 0 saturated heterocycles. The van der Waals surface area contributed by atoms with E-state index in [2.05, 4.69) is 9.88 Å². The van der Waals surface area contributed by atoms with Gasteiger partial charge in [-0.3, -0.25) is 4.79 Å². The lowest BCUT2D eigenvalue weighted by Gasteiger charge is -2.18. The number of hydrogen-bond acceptors (Lipinski definition) is 4. The lowest BCUT2D eigenvalue weighted by atomic mass is 9.88. The predicted molar refractivity (Wildman–Crippen MR) is 124 cm³/mol. The number of rotatable bonds is 5. The van der Waals surface area contributed by atoms with Gasteiger partial charge in [0.1, 0.15) is 5.82 Å². The van der Waals surface area contributed by atoms with Gasteiger partial charge in [0.2, 0.25) is 11.7 Å². The van der Waals surface area contributed by atoms with E-state index in [0.717, 1.165) is 33.3 Å². The SMILES string of the molecule is COc1cc(C2CC(=O)Nc3cccc4c3c2cn4Cc2cccc(F)c2)cc(OC)c1O. The molecule has 0 bridgehead atoms. The first-order valence-corrected chi connectivity index (χ1v) is 10.6. The molecule has 1 amide bonds. The fourth-order valence-electron chi connectivity index (χ4n) is 4.62. The van der Waals surface area contributed by atoms with Gasteiger partial charge in [-0.05, 0) is 53.1 Å². The number of nitrogens with zero attached hydrogens (tertiary/aromatic N) is 1. The number of halogens is 1. The van der Waals surface area contributed by atoms with Crippen molar-refractivity contribution in [1.82, 2.24) is 4.57 Å². The minimum absolute atomic E-state index is 0.0870. The molecule has 0 aliphatic carbocycles. The summed E-state index contributed by atoms with van der Waals surface area (Å²) in [5.74, 6) is -0.217. The molecule has 0 spiro atoms. The Morgan fingerprint density at radius 3 is 2.52 bits per heavy atom. The Morgan fingerprint density at radius 2 is 1.82 bits per heavy atom. The Hall–Kier alpha value is -4.00. The van der Waals surface area contributed by atoms with E-state index >= 15 is 0 Å². The van der Waals surface area contributed by atoms with E-state index in [4.69, 9.17) is 9.47 Å². The van der Waals surface area contributed by atoms with Crippen LogP contribution in [-0.4, -0.2) is 29.8 Å². The molecular weight excluding hydrogens is 423 g/mol. The molecule has 7 heteroatoms. The Kier molecular flexibility index (Phi) is 5.17. The molecule has 1 aromatic heterocycles. The number of aromatic nitrogens is 1. The van der Waals surface area contributed by atoms with Crippen LogP contribution in [0.1, 0.15) is 29.0 Å². The quantitative estimate of drug-likeness (QED) is 0.451. The molecule has 2 heterocycles. The fourth-order valence-corrected chi connectivity index (χ4v) is 4.62. The van der Waals surface area contributed by atoms with Crippen LogP contribution in [0.4, 0.5) is 10.1 Å². The van der Waals surface area contributed by atoms with Gasteiger partial charge in [0, 0.05) is 30.5 Å². The first-order valence-electron chi connectivity index (χ1n) is 10.6. The van der Waals surface area contributed by atoms with Crippen LogP contribution in [0.15, 0.2) is 60.8 Å². The van der Waals surface area contributed by atoms with Crippen molar-refractivity contribution in [3.8, 4) is 17.2 Å². The number of amides is 1. The topological polar surface area (TPSA) is 72.7 Å². The van der Waals surface area contributed by atoms with Gasteiger partial charge in [0.05, 0.1) is 25.4 Å². The number of carbonyl (C=O) groups is 1. The molecule has 1 unspecified atom stereocenters. The summed E-state index contributed by atoms with van der Waals surface area (Å²) < 4.78 is 26.5. The Labute approximate surface area is 190 Å². The minimum atomic E-state index is -0.298. The van der Waals surface area contributed by atoms with Crippen LogP contribution in [-0.2, 0) is 11.3 Å². The Balaban J connectivity index is 1.70. The zero-order valence-electron chi connectivity index (χ0n) is 18.3. The van der Waals surface area contributed by atoms with Gasteiger partial charge >= 0.3 is 0 Å². The highest BCUT2D eigenvalue weighted by Gasteiger charge is 2.29. The number of phenolic OH excluding ortho intramolecular Hbond substituents is 1. The van der Waals surface area contributed by atoms with Crippen molar-refractivity contribution in [3.63, 3.8) is 0 Å². The van der Waals surface area contributed by atoms with Crippen LogP contribution in [0.5, 0.6) is 17.2 Å². The van der Waals surface area contributed by atoms with Crippen LogP contribution in [0.25, 0.3) is 10.9 Å². The van der Waals surface area contributed by atoms with Crippen LogP contribution >= 0.6 is 0 Å². The van der Waals surface area contributed by atoms with Gasteiger partial charge < -0.3 is 24.5 Å². The van der Waals surface area contributed by atoms with Crippen molar-refractivity contribution in [3.05, 3.63) is 83.3 Å². The molecule has 168 valence electrons. The molecule has 3 aromatic carbocycles. The number of nitrogens with one attached hydrogen (secondary N) is 1. The highest BCUT2D eigenvalue weighted by Crippen LogP contribution is 2.45. The van der Waals surface area contributed by atoms with E-state index in [0.29, 0.717) is 6.54 Å². The molecule has 33 heavy (non-hydrogen) atoms. The first kappa shape index (κ1) is 20.9. The summed E-state index contributed by atoms with van der Waals surface area (Å²) in [5, 5.41) is 14.3. The van der Waals surface area contributed by atoms with E-state index in [9.17, 15) is 14.3 Å². The lowest BCUT2D eigenvalue weighted by Crippen LogP contribution is -2.14. The third-order valence-corrected chi connectivity index (χ3v) is 6.12. The highest BCUT2D eigenvalue weighted by atomic mass is 19.1. The minimum Gasteiger partial charge on any atom is -0.502 e. The summed E-state index contributed by atoms with van der Waals surface area (Å²) in [6.45, 7) is 0.487. The molecule has 0 radical (unpaired) electrons. The van der Waals surface area contributed by atoms with Crippen molar-refractivity contribution < 1.29 is 23.8 Å². The molecular formula is C26H23FN2O4. The summed E-state index contributed by atoms with van der Waals surface area (Å²) in [5.41, 5.74) is 4.28. The second-order valence-electron chi connectivity index (χ2n) is 8.12. The van der Waals surface area contributed by atoms with Crippen LogP contribution in [0.3, 0.4) is 0 Å². The molecule has 4 aromatic rings. The van der Waals surface area contributed by atoms with Crippen LogP contribution in [0, 0.1) is 5.82 Å². The van der Waals surface area contributed by atoms with Crippen molar-refractivity contribution in [2.45, 2.75) is 18.9 Å². The van der Waals surface area contributed by atoms with Crippen molar-refractivity contribution >= 4 is 22.5 Å². The van der Waals surface area contributed by atoms with Gasteiger partial charge in [-0.25, -0.2) is 4.39 Å². The van der Waals surface area contributed by atoms with Crippen molar-refractivity contribution in [2.24, 2.45) is 0 Å². The van der Waals surface area contributed by atoms with Gasteiger partial charge in [0.25, 0.3) is 0 Å². The van der Waals surface area contributed by atoms with Crippen molar-refractivity contribution in [2.75, 3.05) is 19.5 Å². The predicted octanol–water partition coefficient (Wildman–Crippen LogP) is 5.03. The van der Waals surface area contributed by atoms with Gasteiger partial charge in [-0.2, -0.15) is 0 Å². The van der Waals surface area contributed by atoms with E-state index in [1.165, 1.54) is 26.4 Å². The fraction of sp³-hybridized carbons (Fsp3) is 0.192. The first-order chi connectivity index (χ1) is 16.0. The zero-order chi connectivity index (χ0) is 23.1. The Morgan fingerprint density at radius 1 is 1.09 bits per heavy atom. The smallest absolute Gasteiger partial charge is 0.225 e. The molecule has 6 nitrogen and oxygen atoms in total. The summed E-state index contributed by atoms with van der Waals surface area (Å²) in [6, 6.07) is 15.8. The van der Waals surface area contributed by atoms with E-state index < -0.39 is 0 Å². The molecule has 1 aliphatic heterocycles. The van der Waals surface area contributed by atoms with Gasteiger partial charge in [0.15, 0.2) is 11.5 Å². The van der Waals surface area contributed by atoms with Gasteiger partial charge in [-0.1, -0.05) is 18.2 Å². The summed E-state index contributed by atoms with van der Waals surface area (Å²) in [6.07, 6.45) is 2.24. The largest absolute Gasteiger partial charge is 0.502 e. The second kappa shape index (κ2) is 8.16. The van der Waals surface area contributed by atoms with E-state index in [1.807, 2.05) is 30.5 Å². The second-order valence-corrected chi connectivity index (χ2v) is 8.12. The lowest BCUT2D eigenvalue weighted by molar-refractivity contribution is -0.116. The zero-order valence-corrected chi connectivity index (χ0v) is 18.3. The number of carbonyl (C=O) groups excluding carboxylic acids is 1. The summed E-state index contributed by atoms with van der Waals surface area (Å²) in [4.78, 5) is 12.8.